The van der Waals surface area contributed by atoms with Crippen molar-refractivity contribution in [3.63, 3.8) is 0 Å². The quantitative estimate of drug-likeness (QED) is 0.0510. The van der Waals surface area contributed by atoms with Gasteiger partial charge in [0.25, 0.3) is 0 Å². The number of rotatable bonds is 32. The number of likely N-dealkylation sites (tertiary alicyclic amines) is 1. The summed E-state index contributed by atoms with van der Waals surface area (Å²) in [6.07, 6.45) is 3.41. The third kappa shape index (κ3) is 19.7. The number of carbonyl (C=O) groups is 9. The van der Waals surface area contributed by atoms with E-state index >= 15 is 0 Å². The maximum atomic E-state index is 14.0. The van der Waals surface area contributed by atoms with E-state index in [1.54, 1.807) is 50.2 Å². The Bertz CT molecular complexity index is 1950. The summed E-state index contributed by atoms with van der Waals surface area (Å²) in [6, 6.07) is 4.20. The zero-order valence-electron chi connectivity index (χ0n) is 44.5. The molecule has 1 saturated heterocycles. The van der Waals surface area contributed by atoms with Gasteiger partial charge in [0, 0.05) is 53.4 Å². The van der Waals surface area contributed by atoms with Crippen molar-refractivity contribution in [2.24, 2.45) is 29.4 Å². The topological polar surface area (TPSA) is 288 Å². The molecule has 0 saturated carbocycles. The molecular formula is C51H85N9O12. The number of carboxylic acid groups (broad SMARTS) is 1. The van der Waals surface area contributed by atoms with E-state index in [0.29, 0.717) is 50.9 Å². The van der Waals surface area contributed by atoms with Crippen LogP contribution in [0.25, 0.3) is 0 Å². The van der Waals surface area contributed by atoms with E-state index < -0.39 is 84.3 Å². The molecular weight excluding hydrogens is 931 g/mol. The first-order valence-electron chi connectivity index (χ1n) is 25.3. The van der Waals surface area contributed by atoms with E-state index in [0.717, 1.165) is 18.4 Å². The monoisotopic (exact) mass is 1020 g/mol. The number of likely N-dealkylation sites (N-methyl/N-ethyl adjacent to an activating group) is 2. The molecule has 21 nitrogen and oxygen atoms in total. The number of methoxy groups -OCH3 is 2. The molecule has 0 spiro atoms. The van der Waals surface area contributed by atoms with Crippen LogP contribution in [0, 0.1) is 23.7 Å². The molecule has 406 valence electrons. The van der Waals surface area contributed by atoms with Crippen molar-refractivity contribution in [1.29, 1.82) is 0 Å². The second kappa shape index (κ2) is 31.7. The number of nitrogens with one attached hydrogen (secondary N) is 5. The van der Waals surface area contributed by atoms with Crippen LogP contribution < -0.4 is 32.3 Å². The fourth-order valence-electron chi connectivity index (χ4n) is 9.17. The Morgan fingerprint density at radius 1 is 0.764 bits per heavy atom. The van der Waals surface area contributed by atoms with Gasteiger partial charge in [0.05, 0.1) is 49.7 Å². The second-order valence-electron chi connectivity index (χ2n) is 19.5. The highest BCUT2D eigenvalue weighted by molar-refractivity contribution is 5.96. The lowest BCUT2D eigenvalue weighted by Crippen LogP contribution is -2.55. The molecule has 1 aromatic rings. The van der Waals surface area contributed by atoms with E-state index in [1.807, 2.05) is 41.5 Å². The first-order chi connectivity index (χ1) is 34.0. The zero-order chi connectivity index (χ0) is 54.2. The predicted octanol–water partition coefficient (Wildman–Crippen LogP) is 2.05. The van der Waals surface area contributed by atoms with Crippen molar-refractivity contribution in [3.8, 4) is 0 Å². The van der Waals surface area contributed by atoms with Crippen molar-refractivity contribution in [2.45, 2.75) is 149 Å². The van der Waals surface area contributed by atoms with Crippen LogP contribution in [-0.4, -0.2) is 170 Å². The standard InChI is InChI=1S/C51H85N9O12/c1-12-33(6)47(38(71-10)27-42(64)60-26-16-17-37(60)48(72-11)34(7)49(68)55-30-44(66)67)59(9)43(65)29-54-51(70)46(32(4)5)58(8)41(63)24-21-35-19-22-36(23-20-35)56-40(62)28-53-50(69)45(31(2)3)57-39(61)18-14-13-15-25-52/h19-20,22-23,31-34,37-38,45-48H,12-18,21,24-30,52H2,1-11H3,(H,53,69)(H,54,70)(H,55,68)(H,56,62)(H,57,61)(H,66,67)/t33-,34+,37-,38+,45?,46?,47-,48+/m0/s1. The number of hydrogen-bond acceptors (Lipinski definition) is 12. The number of unbranched alkanes of at least 4 members (excludes halogenated alkanes) is 2. The normalized spacial score (nSPS) is 16.4. The molecule has 8 amide bonds. The summed E-state index contributed by atoms with van der Waals surface area (Å²) >= 11 is 0. The summed E-state index contributed by atoms with van der Waals surface area (Å²) in [5.74, 6) is -5.67. The molecule has 72 heavy (non-hydrogen) atoms. The highest BCUT2D eigenvalue weighted by atomic mass is 16.5. The lowest BCUT2D eigenvalue weighted by molar-refractivity contribution is -0.146. The number of benzene rings is 1. The molecule has 1 aromatic carbocycles. The van der Waals surface area contributed by atoms with Crippen LogP contribution in [-0.2, 0) is 59.0 Å². The molecule has 1 aliphatic rings. The number of carbonyl (C=O) groups excluding carboxylic acids is 8. The van der Waals surface area contributed by atoms with Crippen LogP contribution in [0.4, 0.5) is 5.69 Å². The average Bonchev–Trinajstić information content (AvgIpc) is 3.83. The van der Waals surface area contributed by atoms with Crippen LogP contribution >= 0.6 is 0 Å². The van der Waals surface area contributed by atoms with E-state index in [1.165, 1.54) is 24.0 Å². The molecule has 1 aliphatic heterocycles. The molecule has 2 rings (SSSR count). The summed E-state index contributed by atoms with van der Waals surface area (Å²) in [7, 11) is 6.08. The fraction of sp³-hybridized carbons (Fsp3) is 0.706. The molecule has 0 aliphatic carbocycles. The SMILES string of the molecule is CC[C@H](C)[C@@H]([C@@H](CC(=O)N1CCC[C@H]1[C@H](OC)[C@@H](C)C(=O)NCC(=O)O)OC)N(C)C(=O)CNC(=O)C(C(C)C)N(C)C(=O)CCc1ccc(NC(=O)CNC(=O)C(NC(=O)CCCCCN)C(C)C)cc1. The molecule has 2 unspecified atom stereocenters. The van der Waals surface area contributed by atoms with Crippen molar-refractivity contribution in [2.75, 3.05) is 66.4 Å². The van der Waals surface area contributed by atoms with E-state index in [9.17, 15) is 43.2 Å². The maximum Gasteiger partial charge on any atom is 0.322 e. The van der Waals surface area contributed by atoms with Gasteiger partial charge in [-0.05, 0) is 74.1 Å². The largest absolute Gasteiger partial charge is 0.480 e. The van der Waals surface area contributed by atoms with Gasteiger partial charge in [-0.15, -0.1) is 0 Å². The molecule has 0 bridgehead atoms. The van der Waals surface area contributed by atoms with Gasteiger partial charge in [-0.25, -0.2) is 0 Å². The fourth-order valence-corrected chi connectivity index (χ4v) is 9.17. The number of ether oxygens (including phenoxy) is 2. The Balaban J connectivity index is 2.00. The van der Waals surface area contributed by atoms with Gasteiger partial charge < -0.3 is 61.6 Å². The van der Waals surface area contributed by atoms with Crippen LogP contribution in [0.5, 0.6) is 0 Å². The van der Waals surface area contributed by atoms with Gasteiger partial charge >= 0.3 is 5.97 Å². The van der Waals surface area contributed by atoms with Gasteiger partial charge in [-0.1, -0.05) is 73.4 Å². The minimum Gasteiger partial charge on any atom is -0.480 e. The number of aryl methyl sites for hydroxylation is 1. The summed E-state index contributed by atoms with van der Waals surface area (Å²) < 4.78 is 11.6. The third-order valence-electron chi connectivity index (χ3n) is 13.5. The van der Waals surface area contributed by atoms with Gasteiger partial charge in [-0.3, -0.25) is 43.2 Å². The Morgan fingerprint density at radius 2 is 1.40 bits per heavy atom. The van der Waals surface area contributed by atoms with Crippen molar-refractivity contribution >= 4 is 58.9 Å². The number of anilines is 1. The van der Waals surface area contributed by atoms with Crippen molar-refractivity contribution in [1.82, 2.24) is 36.0 Å². The highest BCUT2D eigenvalue weighted by Gasteiger charge is 2.42. The molecule has 21 heteroatoms. The zero-order valence-corrected chi connectivity index (χ0v) is 44.5. The van der Waals surface area contributed by atoms with Gasteiger partial charge in [0.1, 0.15) is 18.6 Å². The summed E-state index contributed by atoms with van der Waals surface area (Å²) in [5, 5.41) is 22.2. The van der Waals surface area contributed by atoms with E-state index in [2.05, 4.69) is 26.6 Å². The summed E-state index contributed by atoms with van der Waals surface area (Å²) in [5.41, 5.74) is 6.80. The third-order valence-corrected chi connectivity index (χ3v) is 13.5. The van der Waals surface area contributed by atoms with Gasteiger partial charge in [0.2, 0.25) is 47.3 Å². The van der Waals surface area contributed by atoms with Crippen LogP contribution in [0.15, 0.2) is 24.3 Å². The summed E-state index contributed by atoms with van der Waals surface area (Å²) in [6.45, 7) is 12.6. The molecule has 8 atom stereocenters. The molecule has 8 N–H and O–H groups in total. The van der Waals surface area contributed by atoms with Crippen LogP contribution in [0.2, 0.25) is 0 Å². The Labute approximate surface area is 426 Å². The summed E-state index contributed by atoms with van der Waals surface area (Å²) in [4.78, 5) is 121. The smallest absolute Gasteiger partial charge is 0.322 e. The lowest BCUT2D eigenvalue weighted by Gasteiger charge is -2.39. The van der Waals surface area contributed by atoms with Gasteiger partial charge in [0.15, 0.2) is 0 Å². The minimum absolute atomic E-state index is 0.0762. The number of nitrogens with zero attached hydrogens (tertiary/aromatic N) is 3. The number of amides is 8. The maximum absolute atomic E-state index is 14.0. The molecule has 1 fully saturated rings. The number of carboxylic acids is 1. The Kier molecular flexibility index (Phi) is 27.5. The Morgan fingerprint density at radius 3 is 1.97 bits per heavy atom. The van der Waals surface area contributed by atoms with Gasteiger partial charge in [-0.2, -0.15) is 0 Å². The number of nitrogens with two attached hydrogens (primary N) is 1. The van der Waals surface area contributed by atoms with E-state index in [-0.39, 0.29) is 67.8 Å². The first kappa shape index (κ1) is 62.4. The molecule has 1 heterocycles. The Hall–Kier alpha value is -5.67. The lowest BCUT2D eigenvalue weighted by atomic mass is 9.90. The van der Waals surface area contributed by atoms with Crippen molar-refractivity contribution in [3.05, 3.63) is 29.8 Å². The molecule has 0 radical (unpaired) electrons. The molecule has 0 aromatic heterocycles. The average molecular weight is 1020 g/mol. The predicted molar refractivity (Wildman–Crippen MR) is 272 cm³/mol. The van der Waals surface area contributed by atoms with Crippen LogP contribution in [0.1, 0.15) is 112 Å². The highest BCUT2D eigenvalue weighted by Crippen LogP contribution is 2.29. The first-order valence-corrected chi connectivity index (χ1v) is 25.3. The van der Waals surface area contributed by atoms with Crippen molar-refractivity contribution < 1.29 is 57.7 Å². The minimum atomic E-state index is -1.18. The van der Waals surface area contributed by atoms with E-state index in [4.69, 9.17) is 20.3 Å². The number of hydrogen-bond donors (Lipinski definition) is 7. The number of aliphatic carboxylic acids is 1. The van der Waals surface area contributed by atoms with Crippen LogP contribution in [0.3, 0.4) is 0 Å². The second-order valence-corrected chi connectivity index (χ2v) is 19.5.